The molecule has 1 saturated heterocycles. The molecule has 1 N–H and O–H groups in total. The molecule has 0 aromatic heterocycles. The minimum absolute atomic E-state index is 0.0465. The van der Waals surface area contributed by atoms with Gasteiger partial charge < -0.3 is 10.1 Å². The summed E-state index contributed by atoms with van der Waals surface area (Å²) in [5.74, 6) is -0.882. The van der Waals surface area contributed by atoms with Gasteiger partial charge in [-0.15, -0.1) is 13.2 Å². The van der Waals surface area contributed by atoms with E-state index in [0.29, 0.717) is 25.9 Å². The van der Waals surface area contributed by atoms with Crippen LogP contribution in [0.2, 0.25) is 5.02 Å². The fraction of sp³-hybridized carbons (Fsp3) is 0.562. The maximum atomic E-state index is 13.3. The summed E-state index contributed by atoms with van der Waals surface area (Å²) in [6, 6.07) is 3.61. The Morgan fingerprint density at radius 3 is 2.81 bits per heavy atom. The molecule has 1 atom stereocenters. The van der Waals surface area contributed by atoms with Crippen molar-refractivity contribution in [3.8, 4) is 5.75 Å². The van der Waals surface area contributed by atoms with E-state index in [9.17, 15) is 22.4 Å². The molecule has 27 heavy (non-hydrogen) atoms. The molecule has 0 aliphatic carbocycles. The first kappa shape index (κ1) is 21.7. The summed E-state index contributed by atoms with van der Waals surface area (Å²) in [5.41, 5.74) is 0. The van der Waals surface area contributed by atoms with Gasteiger partial charge in [-0.1, -0.05) is 11.6 Å². The molecule has 0 saturated carbocycles. The molecule has 6 nitrogen and oxygen atoms in total. The van der Waals surface area contributed by atoms with Crippen molar-refractivity contribution in [3.63, 3.8) is 0 Å². The molecule has 1 aromatic rings. The summed E-state index contributed by atoms with van der Waals surface area (Å²) in [4.78, 5) is 17.2. The van der Waals surface area contributed by atoms with Crippen LogP contribution in [0.4, 0.5) is 17.6 Å². The van der Waals surface area contributed by atoms with E-state index in [0.717, 1.165) is 6.07 Å². The first-order valence-corrected chi connectivity index (χ1v) is 8.56. The summed E-state index contributed by atoms with van der Waals surface area (Å²) < 4.78 is 57.8. The van der Waals surface area contributed by atoms with Crippen molar-refractivity contribution in [3.05, 3.63) is 29.0 Å². The zero-order valence-electron chi connectivity index (χ0n) is 14.2. The number of rotatable bonds is 8. The fourth-order valence-electron chi connectivity index (χ4n) is 2.49. The molecule has 152 valence electrons. The van der Waals surface area contributed by atoms with Gasteiger partial charge in [-0.2, -0.15) is 5.06 Å². The second kappa shape index (κ2) is 10.1. The number of hydrogen-bond donors (Lipinski definition) is 1. The Morgan fingerprint density at radius 2 is 2.11 bits per heavy atom. The number of alkyl halides is 3. The van der Waals surface area contributed by atoms with Crippen LogP contribution >= 0.6 is 11.6 Å². The topological polar surface area (TPSA) is 60.0 Å². The molecule has 0 spiro atoms. The van der Waals surface area contributed by atoms with Gasteiger partial charge in [0.15, 0.2) is 6.61 Å². The Morgan fingerprint density at radius 1 is 1.33 bits per heavy atom. The van der Waals surface area contributed by atoms with Crippen LogP contribution in [0.25, 0.3) is 0 Å². The third-order valence-corrected chi connectivity index (χ3v) is 3.94. The molecule has 1 aliphatic heterocycles. The lowest BCUT2D eigenvalue weighted by molar-refractivity contribution is -0.332. The molecule has 0 radical (unpaired) electrons. The van der Waals surface area contributed by atoms with Gasteiger partial charge in [0.25, 0.3) is 5.91 Å². The highest BCUT2D eigenvalue weighted by Gasteiger charge is 2.29. The molecule has 0 bridgehead atoms. The number of carbonyl (C=O) groups is 1. The number of amides is 1. The molecule has 1 aromatic carbocycles. The van der Waals surface area contributed by atoms with Crippen LogP contribution in [-0.4, -0.2) is 56.3 Å². The van der Waals surface area contributed by atoms with Crippen molar-refractivity contribution in [2.75, 3.05) is 32.9 Å². The van der Waals surface area contributed by atoms with E-state index < -0.39 is 24.7 Å². The van der Waals surface area contributed by atoms with Gasteiger partial charge in [-0.05, 0) is 25.0 Å². The summed E-state index contributed by atoms with van der Waals surface area (Å²) in [6.07, 6.45) is -3.29. The average molecular weight is 415 g/mol. The normalized spacial score (nSPS) is 18.3. The van der Waals surface area contributed by atoms with Crippen molar-refractivity contribution in [2.24, 2.45) is 0 Å². The van der Waals surface area contributed by atoms with Crippen molar-refractivity contribution >= 4 is 17.5 Å². The first-order valence-electron chi connectivity index (χ1n) is 8.19. The monoisotopic (exact) mass is 414 g/mol. The van der Waals surface area contributed by atoms with Crippen molar-refractivity contribution < 1.29 is 36.7 Å². The standard InChI is InChI=1S/C16H19ClF4N2O4/c17-13-4-3-12(8-14(13)18)25-10-15(24)22-11-2-1-5-23(9-11)27-7-6-26-16(19,20)21/h3-4,8,11H,1-2,5-7,9-10H2,(H,22,24)/t11-/m0/s1. The maximum Gasteiger partial charge on any atom is 0.522 e. The minimum atomic E-state index is -4.69. The lowest BCUT2D eigenvalue weighted by Crippen LogP contribution is -2.48. The summed E-state index contributed by atoms with van der Waals surface area (Å²) in [7, 11) is 0. The number of carbonyl (C=O) groups excluding carboxylic acids is 1. The van der Waals surface area contributed by atoms with E-state index in [2.05, 4.69) is 10.1 Å². The minimum Gasteiger partial charge on any atom is -0.484 e. The average Bonchev–Trinajstić information content (AvgIpc) is 2.59. The first-order chi connectivity index (χ1) is 12.7. The Kier molecular flexibility index (Phi) is 8.08. The number of nitrogens with zero attached hydrogens (tertiary/aromatic N) is 1. The number of nitrogens with one attached hydrogen (secondary N) is 1. The van der Waals surface area contributed by atoms with Gasteiger partial charge in [0.2, 0.25) is 0 Å². The highest BCUT2D eigenvalue weighted by Crippen LogP contribution is 2.20. The largest absolute Gasteiger partial charge is 0.522 e. The SMILES string of the molecule is O=C(COc1ccc(Cl)c(F)c1)N[C@H]1CCCN(OCCOC(F)(F)F)C1. The van der Waals surface area contributed by atoms with E-state index in [1.54, 1.807) is 0 Å². The second-order valence-electron chi connectivity index (χ2n) is 5.79. The van der Waals surface area contributed by atoms with Gasteiger partial charge in [0, 0.05) is 25.2 Å². The second-order valence-corrected chi connectivity index (χ2v) is 6.19. The number of piperidine rings is 1. The Hall–Kier alpha value is -1.62. The van der Waals surface area contributed by atoms with Crippen LogP contribution in [0.15, 0.2) is 18.2 Å². The smallest absolute Gasteiger partial charge is 0.484 e. The van der Waals surface area contributed by atoms with E-state index in [-0.39, 0.29) is 30.0 Å². The molecule has 2 rings (SSSR count). The summed E-state index contributed by atoms with van der Waals surface area (Å²) >= 11 is 5.56. The molecule has 1 heterocycles. The van der Waals surface area contributed by atoms with Gasteiger partial charge >= 0.3 is 6.36 Å². The molecular weight excluding hydrogens is 396 g/mol. The van der Waals surface area contributed by atoms with Gasteiger partial charge in [-0.25, -0.2) is 4.39 Å². The molecule has 1 amide bonds. The summed E-state index contributed by atoms with van der Waals surface area (Å²) in [5, 5.41) is 4.19. The quantitative estimate of drug-likeness (QED) is 0.523. The van der Waals surface area contributed by atoms with Crippen LogP contribution < -0.4 is 10.1 Å². The number of hydrogen-bond acceptors (Lipinski definition) is 5. The third-order valence-electron chi connectivity index (χ3n) is 3.63. The Balaban J connectivity index is 1.68. The number of halogens is 5. The van der Waals surface area contributed by atoms with E-state index in [4.69, 9.17) is 21.2 Å². The van der Waals surface area contributed by atoms with Crippen LogP contribution in [0.5, 0.6) is 5.75 Å². The fourth-order valence-corrected chi connectivity index (χ4v) is 2.60. The van der Waals surface area contributed by atoms with E-state index in [1.165, 1.54) is 17.2 Å². The van der Waals surface area contributed by atoms with Crippen molar-refractivity contribution in [1.29, 1.82) is 0 Å². The molecule has 11 heteroatoms. The highest BCUT2D eigenvalue weighted by atomic mass is 35.5. The summed E-state index contributed by atoms with van der Waals surface area (Å²) in [6.45, 7) is -0.294. The molecular formula is C16H19ClF4N2O4. The van der Waals surface area contributed by atoms with Gasteiger partial charge in [0.05, 0.1) is 18.2 Å². The van der Waals surface area contributed by atoms with Crippen molar-refractivity contribution in [2.45, 2.75) is 25.2 Å². The van der Waals surface area contributed by atoms with Crippen LogP contribution in [0.3, 0.4) is 0 Å². The van der Waals surface area contributed by atoms with Crippen LogP contribution in [0.1, 0.15) is 12.8 Å². The highest BCUT2D eigenvalue weighted by molar-refractivity contribution is 6.30. The van der Waals surface area contributed by atoms with Crippen LogP contribution in [-0.2, 0) is 14.4 Å². The lowest BCUT2D eigenvalue weighted by Gasteiger charge is -2.32. The Labute approximate surface area is 158 Å². The van der Waals surface area contributed by atoms with Crippen molar-refractivity contribution in [1.82, 2.24) is 10.4 Å². The predicted octanol–water partition coefficient (Wildman–Crippen LogP) is 2.91. The number of hydroxylamine groups is 2. The predicted molar refractivity (Wildman–Crippen MR) is 87.6 cm³/mol. The number of ether oxygens (including phenoxy) is 2. The maximum absolute atomic E-state index is 13.3. The zero-order valence-corrected chi connectivity index (χ0v) is 15.0. The van der Waals surface area contributed by atoms with Crippen LogP contribution in [0, 0.1) is 5.82 Å². The zero-order chi connectivity index (χ0) is 19.9. The van der Waals surface area contributed by atoms with Gasteiger partial charge in [0.1, 0.15) is 11.6 Å². The Bertz CT molecular complexity index is 633. The lowest BCUT2D eigenvalue weighted by atomic mass is 10.1. The van der Waals surface area contributed by atoms with Gasteiger partial charge in [-0.3, -0.25) is 14.4 Å². The molecule has 1 aliphatic rings. The third kappa shape index (κ3) is 8.29. The number of benzene rings is 1. The molecule has 0 unspecified atom stereocenters. The molecule has 1 fully saturated rings. The van der Waals surface area contributed by atoms with E-state index in [1.807, 2.05) is 0 Å². The van der Waals surface area contributed by atoms with E-state index >= 15 is 0 Å².